The predicted molar refractivity (Wildman–Crippen MR) is 108 cm³/mol. The molecule has 6 heteroatoms. The Morgan fingerprint density at radius 1 is 1.15 bits per heavy atom. The van der Waals surface area contributed by atoms with Crippen LogP contribution >= 0.6 is 0 Å². The van der Waals surface area contributed by atoms with Crippen molar-refractivity contribution in [3.05, 3.63) is 24.3 Å². The molecular weight excluding hydrogens is 328 g/mol. The number of para-hydroxylation sites is 2. The zero-order valence-corrected chi connectivity index (χ0v) is 17.1. The highest BCUT2D eigenvalue weighted by Gasteiger charge is 2.26. The molecule has 1 aliphatic rings. The van der Waals surface area contributed by atoms with Gasteiger partial charge in [0.1, 0.15) is 5.75 Å². The summed E-state index contributed by atoms with van der Waals surface area (Å²) in [6, 6.07) is 8.20. The van der Waals surface area contributed by atoms with Gasteiger partial charge in [0.05, 0.1) is 18.9 Å². The van der Waals surface area contributed by atoms with E-state index in [1.807, 2.05) is 19.2 Å². The lowest BCUT2D eigenvalue weighted by Crippen LogP contribution is -2.54. The van der Waals surface area contributed by atoms with Gasteiger partial charge in [-0.05, 0) is 17.5 Å². The quantitative estimate of drug-likeness (QED) is 0.644. The topological polar surface area (TPSA) is 49.3 Å². The zero-order valence-electron chi connectivity index (χ0n) is 17.1. The van der Waals surface area contributed by atoms with Crippen LogP contribution in [0, 0.1) is 5.41 Å². The summed E-state index contributed by atoms with van der Waals surface area (Å²) in [6.45, 7) is 11.0. The molecule has 146 valence electrons. The summed E-state index contributed by atoms with van der Waals surface area (Å²) in [5.74, 6) is 1.87. The largest absolute Gasteiger partial charge is 0.495 e. The van der Waals surface area contributed by atoms with Crippen molar-refractivity contribution in [1.82, 2.24) is 10.2 Å². The maximum Gasteiger partial charge on any atom is 0.193 e. The summed E-state index contributed by atoms with van der Waals surface area (Å²) < 4.78 is 11.1. The third kappa shape index (κ3) is 5.04. The van der Waals surface area contributed by atoms with Crippen LogP contribution in [0.3, 0.4) is 0 Å². The molecule has 6 nitrogen and oxygen atoms in total. The molecule has 0 aromatic heterocycles. The molecule has 1 heterocycles. The van der Waals surface area contributed by atoms with Crippen LogP contribution in [0.15, 0.2) is 29.3 Å². The lowest BCUT2D eigenvalue weighted by Gasteiger charge is -2.39. The van der Waals surface area contributed by atoms with E-state index in [1.165, 1.54) is 0 Å². The van der Waals surface area contributed by atoms with Gasteiger partial charge in [-0.2, -0.15) is 0 Å². The van der Waals surface area contributed by atoms with E-state index in [-0.39, 0.29) is 11.5 Å². The fourth-order valence-corrected chi connectivity index (χ4v) is 3.31. The zero-order chi connectivity index (χ0) is 19.2. The number of piperazine rings is 1. The van der Waals surface area contributed by atoms with Crippen LogP contribution in [0.4, 0.5) is 5.69 Å². The number of hydrogen-bond acceptors (Lipinski definition) is 4. The molecule has 0 aliphatic carbocycles. The smallest absolute Gasteiger partial charge is 0.193 e. The van der Waals surface area contributed by atoms with Crippen molar-refractivity contribution in [1.29, 1.82) is 0 Å². The van der Waals surface area contributed by atoms with Gasteiger partial charge >= 0.3 is 0 Å². The second kappa shape index (κ2) is 9.12. The molecule has 1 aromatic rings. The highest BCUT2D eigenvalue weighted by Crippen LogP contribution is 2.28. The molecule has 1 saturated heterocycles. The SMILES string of the molecule is CN=C(NCC(OC)C(C)(C)C)N1CCN(c2ccccc2OC)CC1. The van der Waals surface area contributed by atoms with E-state index >= 15 is 0 Å². The standard InChI is InChI=1S/C20H34N4O2/c1-20(2,3)18(26-6)15-22-19(21-4)24-13-11-23(12-14-24)16-9-7-8-10-17(16)25-5/h7-10,18H,11-15H2,1-6H3,(H,21,22). The molecule has 1 aliphatic heterocycles. The number of hydrogen-bond donors (Lipinski definition) is 1. The van der Waals surface area contributed by atoms with Gasteiger partial charge in [0.2, 0.25) is 0 Å². The van der Waals surface area contributed by atoms with Crippen LogP contribution in [0.25, 0.3) is 0 Å². The molecule has 1 aromatic carbocycles. The minimum absolute atomic E-state index is 0.0865. The van der Waals surface area contributed by atoms with Crippen LogP contribution in [-0.2, 0) is 4.74 Å². The molecule has 2 rings (SSSR count). The van der Waals surface area contributed by atoms with E-state index in [9.17, 15) is 0 Å². The Morgan fingerprint density at radius 2 is 1.81 bits per heavy atom. The van der Waals surface area contributed by atoms with E-state index in [2.05, 4.69) is 53.0 Å². The Hall–Kier alpha value is -1.95. The molecular formula is C20H34N4O2. The fourth-order valence-electron chi connectivity index (χ4n) is 3.31. The number of benzene rings is 1. The second-order valence-corrected chi connectivity index (χ2v) is 7.66. The maximum atomic E-state index is 5.64. The molecule has 1 fully saturated rings. The van der Waals surface area contributed by atoms with E-state index in [1.54, 1.807) is 14.2 Å². The fraction of sp³-hybridized carbons (Fsp3) is 0.650. The summed E-state index contributed by atoms with van der Waals surface area (Å²) >= 11 is 0. The van der Waals surface area contributed by atoms with Gasteiger partial charge in [0.15, 0.2) is 5.96 Å². The molecule has 1 atom stereocenters. The summed E-state index contributed by atoms with van der Waals surface area (Å²) in [7, 11) is 5.34. The van der Waals surface area contributed by atoms with Crippen molar-refractivity contribution in [3.8, 4) is 5.75 Å². The predicted octanol–water partition coefficient (Wildman–Crippen LogP) is 2.45. The number of anilines is 1. The van der Waals surface area contributed by atoms with E-state index in [4.69, 9.17) is 9.47 Å². The average molecular weight is 363 g/mol. The van der Waals surface area contributed by atoms with Crippen molar-refractivity contribution in [2.75, 3.05) is 58.9 Å². The number of guanidine groups is 1. The first-order chi connectivity index (χ1) is 12.4. The summed E-state index contributed by atoms with van der Waals surface area (Å²) in [5, 5.41) is 3.48. The first kappa shape index (κ1) is 20.4. The normalized spacial score (nSPS) is 17.2. The van der Waals surface area contributed by atoms with Gasteiger partial charge in [0.25, 0.3) is 0 Å². The Kier molecular flexibility index (Phi) is 7.14. The minimum atomic E-state index is 0.0865. The van der Waals surface area contributed by atoms with Crippen LogP contribution in [0.2, 0.25) is 0 Å². The first-order valence-corrected chi connectivity index (χ1v) is 9.27. The molecule has 0 spiro atoms. The van der Waals surface area contributed by atoms with Crippen LogP contribution in [0.1, 0.15) is 20.8 Å². The van der Waals surface area contributed by atoms with Crippen molar-refractivity contribution in [3.63, 3.8) is 0 Å². The third-order valence-corrected chi connectivity index (χ3v) is 4.91. The Morgan fingerprint density at radius 3 is 2.35 bits per heavy atom. The maximum absolute atomic E-state index is 5.64. The second-order valence-electron chi connectivity index (χ2n) is 7.66. The number of ether oxygens (including phenoxy) is 2. The number of rotatable bonds is 5. The van der Waals surface area contributed by atoms with Crippen LogP contribution in [0.5, 0.6) is 5.75 Å². The molecule has 1 N–H and O–H groups in total. The minimum Gasteiger partial charge on any atom is -0.495 e. The Balaban J connectivity index is 1.93. The van der Waals surface area contributed by atoms with Crippen LogP contribution < -0.4 is 15.0 Å². The Bertz CT molecular complexity index is 590. The van der Waals surface area contributed by atoms with Gasteiger partial charge < -0.3 is 24.6 Å². The van der Waals surface area contributed by atoms with Crippen molar-refractivity contribution < 1.29 is 9.47 Å². The first-order valence-electron chi connectivity index (χ1n) is 9.27. The van der Waals surface area contributed by atoms with E-state index in [0.717, 1.165) is 50.1 Å². The van der Waals surface area contributed by atoms with Crippen LogP contribution in [-0.4, -0.2) is 71.0 Å². The van der Waals surface area contributed by atoms with E-state index in [0.29, 0.717) is 0 Å². The molecule has 26 heavy (non-hydrogen) atoms. The lowest BCUT2D eigenvalue weighted by molar-refractivity contribution is 0.0201. The van der Waals surface area contributed by atoms with Gasteiger partial charge in [-0.15, -0.1) is 0 Å². The lowest BCUT2D eigenvalue weighted by atomic mass is 9.89. The average Bonchev–Trinajstić information content (AvgIpc) is 2.64. The summed E-state index contributed by atoms with van der Waals surface area (Å²) in [4.78, 5) is 9.14. The highest BCUT2D eigenvalue weighted by molar-refractivity contribution is 5.80. The van der Waals surface area contributed by atoms with Crippen molar-refractivity contribution in [2.24, 2.45) is 10.4 Å². The highest BCUT2D eigenvalue weighted by atomic mass is 16.5. The third-order valence-electron chi connectivity index (χ3n) is 4.91. The van der Waals surface area contributed by atoms with Gasteiger partial charge in [-0.1, -0.05) is 32.9 Å². The van der Waals surface area contributed by atoms with Gasteiger partial charge in [-0.3, -0.25) is 4.99 Å². The molecule has 1 unspecified atom stereocenters. The molecule has 0 bridgehead atoms. The summed E-state index contributed by atoms with van der Waals surface area (Å²) in [5.41, 5.74) is 1.24. The van der Waals surface area contributed by atoms with Crippen molar-refractivity contribution in [2.45, 2.75) is 26.9 Å². The number of methoxy groups -OCH3 is 2. The molecule has 0 saturated carbocycles. The van der Waals surface area contributed by atoms with Gasteiger partial charge in [0, 0.05) is 46.9 Å². The Labute approximate surface area is 158 Å². The number of aliphatic imine (C=N–C) groups is 1. The monoisotopic (exact) mass is 362 g/mol. The molecule has 0 radical (unpaired) electrons. The van der Waals surface area contributed by atoms with E-state index < -0.39 is 0 Å². The number of nitrogens with zero attached hydrogens (tertiary/aromatic N) is 3. The molecule has 0 amide bonds. The number of nitrogens with one attached hydrogen (secondary N) is 1. The summed E-state index contributed by atoms with van der Waals surface area (Å²) in [6.07, 6.45) is 0.133. The van der Waals surface area contributed by atoms with Crippen molar-refractivity contribution >= 4 is 11.6 Å². The van der Waals surface area contributed by atoms with Gasteiger partial charge in [-0.25, -0.2) is 0 Å².